The van der Waals surface area contributed by atoms with Crippen molar-refractivity contribution in [2.24, 2.45) is 10.9 Å². The van der Waals surface area contributed by atoms with Crippen LogP contribution in [0.3, 0.4) is 0 Å². The number of amides is 1. The molecule has 2 N–H and O–H groups in total. The number of nitrogens with zero attached hydrogens (tertiary/aromatic N) is 2. The normalized spacial score (nSPS) is 19.8. The number of aliphatic imine (C=N–C) groups is 1. The highest BCUT2D eigenvalue weighted by atomic mass is 127. The maximum atomic E-state index is 13.7. The Hall–Kier alpha value is -1.38. The van der Waals surface area contributed by atoms with Crippen molar-refractivity contribution in [3.05, 3.63) is 35.1 Å². The second kappa shape index (κ2) is 11.5. The molecule has 2 atom stereocenters. The van der Waals surface area contributed by atoms with Crippen LogP contribution in [0.15, 0.2) is 23.2 Å². The summed E-state index contributed by atoms with van der Waals surface area (Å²) >= 11 is 0. The molecule has 0 saturated heterocycles. The molecule has 2 unspecified atom stereocenters. The Balaban J connectivity index is 0.00000364. The minimum atomic E-state index is -0.219. The van der Waals surface area contributed by atoms with E-state index in [1.165, 1.54) is 25.3 Å². The summed E-state index contributed by atoms with van der Waals surface area (Å²) in [6.45, 7) is 4.54. The molecular formula is C20H32FIN4O. The number of likely N-dealkylation sites (N-methyl/N-ethyl adjacent to an activating group) is 1. The van der Waals surface area contributed by atoms with Gasteiger partial charge in [-0.15, -0.1) is 24.0 Å². The fourth-order valence-electron chi connectivity index (χ4n) is 3.08. The first-order chi connectivity index (χ1) is 12.4. The number of hydrogen-bond donors (Lipinski definition) is 2. The number of hydrogen-bond acceptors (Lipinski definition) is 2. The first-order valence-corrected chi connectivity index (χ1v) is 9.37. The summed E-state index contributed by atoms with van der Waals surface area (Å²) in [6, 6.07) is 5.51. The molecule has 0 radical (unpaired) electrons. The average molecular weight is 490 g/mol. The van der Waals surface area contributed by atoms with Crippen LogP contribution in [0.2, 0.25) is 0 Å². The number of guanidine groups is 1. The van der Waals surface area contributed by atoms with Gasteiger partial charge in [-0.3, -0.25) is 4.79 Å². The van der Waals surface area contributed by atoms with Crippen molar-refractivity contribution in [2.45, 2.75) is 52.1 Å². The standard InChI is InChI=1S/C20H31FN4O.HI/c1-14-9-10-16(11-17(14)21)12-22-20(23-13-19(26)25(3)4)24-18-8-6-5-7-15(18)2;/h9-11,15,18H,5-8,12-13H2,1-4H3,(H2,22,23,24);1H. The van der Waals surface area contributed by atoms with Crippen LogP contribution in [0.5, 0.6) is 0 Å². The topological polar surface area (TPSA) is 56.7 Å². The molecule has 1 aliphatic rings. The van der Waals surface area contributed by atoms with Crippen LogP contribution in [0.4, 0.5) is 4.39 Å². The van der Waals surface area contributed by atoms with E-state index in [0.29, 0.717) is 30.0 Å². The lowest BCUT2D eigenvalue weighted by Crippen LogP contribution is -2.49. The zero-order valence-electron chi connectivity index (χ0n) is 16.7. The Morgan fingerprint density at radius 3 is 2.63 bits per heavy atom. The maximum absolute atomic E-state index is 13.7. The summed E-state index contributed by atoms with van der Waals surface area (Å²) in [4.78, 5) is 18.0. The summed E-state index contributed by atoms with van der Waals surface area (Å²) in [5, 5.41) is 6.59. The number of aryl methyl sites for hydroxylation is 1. The second-order valence-electron chi connectivity index (χ2n) is 7.40. The van der Waals surface area contributed by atoms with Crippen molar-refractivity contribution in [1.82, 2.24) is 15.5 Å². The fourth-order valence-corrected chi connectivity index (χ4v) is 3.08. The Morgan fingerprint density at radius 2 is 2.00 bits per heavy atom. The van der Waals surface area contributed by atoms with E-state index in [-0.39, 0.29) is 42.2 Å². The lowest BCUT2D eigenvalue weighted by Gasteiger charge is -2.31. The summed E-state index contributed by atoms with van der Waals surface area (Å²) in [5.74, 6) is 0.943. The molecule has 0 aromatic heterocycles. The van der Waals surface area contributed by atoms with E-state index in [9.17, 15) is 9.18 Å². The highest BCUT2D eigenvalue weighted by Gasteiger charge is 2.22. The molecule has 152 valence electrons. The molecule has 0 heterocycles. The minimum Gasteiger partial charge on any atom is -0.353 e. The van der Waals surface area contributed by atoms with Gasteiger partial charge in [0.05, 0.1) is 13.1 Å². The van der Waals surface area contributed by atoms with Crippen LogP contribution in [-0.4, -0.2) is 43.4 Å². The maximum Gasteiger partial charge on any atom is 0.241 e. The Morgan fingerprint density at radius 1 is 1.30 bits per heavy atom. The number of benzene rings is 1. The monoisotopic (exact) mass is 490 g/mol. The Kier molecular flexibility index (Phi) is 10.0. The van der Waals surface area contributed by atoms with Crippen molar-refractivity contribution >= 4 is 35.8 Å². The quantitative estimate of drug-likeness (QED) is 0.378. The Labute approximate surface area is 179 Å². The van der Waals surface area contributed by atoms with E-state index in [1.807, 2.05) is 6.07 Å². The molecular weight excluding hydrogens is 458 g/mol. The minimum absolute atomic E-state index is 0. The number of carbonyl (C=O) groups excluding carboxylic acids is 1. The smallest absolute Gasteiger partial charge is 0.241 e. The molecule has 1 saturated carbocycles. The molecule has 0 spiro atoms. The molecule has 27 heavy (non-hydrogen) atoms. The van der Waals surface area contributed by atoms with Gasteiger partial charge in [-0.2, -0.15) is 0 Å². The van der Waals surface area contributed by atoms with Gasteiger partial charge in [0.15, 0.2) is 5.96 Å². The number of nitrogens with one attached hydrogen (secondary N) is 2. The highest BCUT2D eigenvalue weighted by molar-refractivity contribution is 14.0. The molecule has 1 aliphatic carbocycles. The summed E-state index contributed by atoms with van der Waals surface area (Å²) in [7, 11) is 3.46. The number of halogens is 2. The third kappa shape index (κ3) is 7.63. The lowest BCUT2D eigenvalue weighted by molar-refractivity contribution is -0.127. The number of carbonyl (C=O) groups is 1. The zero-order valence-corrected chi connectivity index (χ0v) is 19.0. The van der Waals surface area contributed by atoms with E-state index in [4.69, 9.17) is 0 Å². The first kappa shape index (κ1) is 23.7. The SMILES string of the molecule is Cc1ccc(CN=C(NCC(=O)N(C)C)NC2CCCCC2C)cc1F.I. The predicted octanol–water partition coefficient (Wildman–Crippen LogP) is 3.45. The van der Waals surface area contributed by atoms with Gasteiger partial charge >= 0.3 is 0 Å². The summed E-state index contributed by atoms with van der Waals surface area (Å²) in [5.41, 5.74) is 1.44. The van der Waals surface area contributed by atoms with Crippen molar-refractivity contribution in [1.29, 1.82) is 0 Å². The number of rotatable bonds is 5. The van der Waals surface area contributed by atoms with Crippen LogP contribution in [-0.2, 0) is 11.3 Å². The van der Waals surface area contributed by atoms with Crippen LogP contribution < -0.4 is 10.6 Å². The molecule has 2 rings (SSSR count). The first-order valence-electron chi connectivity index (χ1n) is 9.37. The summed E-state index contributed by atoms with van der Waals surface area (Å²) in [6.07, 6.45) is 4.77. The van der Waals surface area contributed by atoms with Gasteiger partial charge in [-0.1, -0.05) is 31.9 Å². The fraction of sp³-hybridized carbons (Fsp3) is 0.600. The average Bonchev–Trinajstić information content (AvgIpc) is 2.61. The van der Waals surface area contributed by atoms with Crippen molar-refractivity contribution in [3.63, 3.8) is 0 Å². The second-order valence-corrected chi connectivity index (χ2v) is 7.40. The molecule has 1 aromatic rings. The van der Waals surface area contributed by atoms with Crippen molar-refractivity contribution in [3.8, 4) is 0 Å². The predicted molar refractivity (Wildman–Crippen MR) is 119 cm³/mol. The Bertz CT molecular complexity index is 651. The van der Waals surface area contributed by atoms with Gasteiger partial charge in [0.1, 0.15) is 5.82 Å². The van der Waals surface area contributed by atoms with Crippen LogP contribution in [0.25, 0.3) is 0 Å². The molecule has 1 aromatic carbocycles. The van der Waals surface area contributed by atoms with Crippen LogP contribution in [0.1, 0.15) is 43.7 Å². The van der Waals surface area contributed by atoms with E-state index < -0.39 is 0 Å². The van der Waals surface area contributed by atoms with Gasteiger partial charge in [0.25, 0.3) is 0 Å². The largest absolute Gasteiger partial charge is 0.353 e. The van der Waals surface area contributed by atoms with Gasteiger partial charge in [-0.25, -0.2) is 9.38 Å². The molecule has 5 nitrogen and oxygen atoms in total. The van der Waals surface area contributed by atoms with Gasteiger partial charge in [0.2, 0.25) is 5.91 Å². The van der Waals surface area contributed by atoms with Gasteiger partial charge < -0.3 is 15.5 Å². The van der Waals surface area contributed by atoms with Crippen molar-refractivity contribution < 1.29 is 9.18 Å². The van der Waals surface area contributed by atoms with Crippen molar-refractivity contribution in [2.75, 3.05) is 20.6 Å². The van der Waals surface area contributed by atoms with E-state index >= 15 is 0 Å². The molecule has 0 aliphatic heterocycles. The molecule has 0 bridgehead atoms. The zero-order chi connectivity index (χ0) is 19.1. The summed E-state index contributed by atoms with van der Waals surface area (Å²) < 4.78 is 13.7. The van der Waals surface area contributed by atoms with Crippen LogP contribution in [0, 0.1) is 18.7 Å². The van der Waals surface area contributed by atoms with Crippen LogP contribution >= 0.6 is 24.0 Å². The molecule has 1 amide bonds. The third-order valence-corrected chi connectivity index (χ3v) is 5.00. The molecule has 1 fully saturated rings. The van der Waals surface area contributed by atoms with Gasteiger partial charge in [-0.05, 0) is 42.9 Å². The lowest BCUT2D eigenvalue weighted by atomic mass is 9.86. The molecule has 7 heteroatoms. The van der Waals surface area contributed by atoms with E-state index in [2.05, 4.69) is 22.5 Å². The van der Waals surface area contributed by atoms with E-state index in [1.54, 1.807) is 32.0 Å². The highest BCUT2D eigenvalue weighted by Crippen LogP contribution is 2.23. The van der Waals surface area contributed by atoms with Gasteiger partial charge in [0, 0.05) is 20.1 Å². The van der Waals surface area contributed by atoms with E-state index in [0.717, 1.165) is 12.0 Å². The third-order valence-electron chi connectivity index (χ3n) is 5.00.